The molecule has 0 radical (unpaired) electrons. The number of hydrogen-bond donors (Lipinski definition) is 0. The van der Waals surface area contributed by atoms with E-state index in [0.717, 1.165) is 0 Å². The van der Waals surface area contributed by atoms with E-state index in [2.05, 4.69) is 0 Å². The number of rotatable bonds is 5. The van der Waals surface area contributed by atoms with Gasteiger partial charge in [-0.25, -0.2) is 21.6 Å². The topological polar surface area (TPSA) is 63.7 Å². The molecule has 1 heterocycles. The lowest BCUT2D eigenvalue weighted by atomic mass is 10.1. The minimum atomic E-state index is -3.25. The molecule has 2 rings (SSSR count). The molecule has 5 nitrogen and oxygen atoms in total. The predicted octanol–water partition coefficient (Wildman–Crippen LogP) is 1.38. The van der Waals surface area contributed by atoms with E-state index in [1.54, 1.807) is 0 Å². The third kappa shape index (κ3) is 4.03. The fourth-order valence-electron chi connectivity index (χ4n) is 2.51. The Morgan fingerprint density at radius 1 is 1.30 bits per heavy atom. The molecular formula is C14H16F3NO4S. The number of halogens is 3. The molecule has 1 aromatic carbocycles. The molecule has 1 atom stereocenters. The standard InChI is InChI=1S/C14H16F3NO4S/c1-22-4-3-18(10-2-5-23(20,21)8-10)14(19)9-6-11(15)13(17)12(16)7-9/h6-7,10H,2-5,8H2,1H3. The molecule has 1 unspecified atom stereocenters. The van der Waals surface area contributed by atoms with Crippen LogP contribution in [0.4, 0.5) is 13.2 Å². The van der Waals surface area contributed by atoms with E-state index >= 15 is 0 Å². The highest BCUT2D eigenvalue weighted by Gasteiger charge is 2.35. The van der Waals surface area contributed by atoms with Crippen molar-refractivity contribution in [2.45, 2.75) is 12.5 Å². The van der Waals surface area contributed by atoms with Gasteiger partial charge in [0, 0.05) is 25.3 Å². The molecule has 0 spiro atoms. The Morgan fingerprint density at radius 3 is 2.39 bits per heavy atom. The summed E-state index contributed by atoms with van der Waals surface area (Å²) < 4.78 is 67.7. The molecule has 0 N–H and O–H groups in total. The van der Waals surface area contributed by atoms with Gasteiger partial charge in [0.25, 0.3) is 5.91 Å². The van der Waals surface area contributed by atoms with Crippen LogP contribution in [0.5, 0.6) is 0 Å². The first-order chi connectivity index (χ1) is 10.7. The summed E-state index contributed by atoms with van der Waals surface area (Å²) >= 11 is 0. The zero-order valence-corrected chi connectivity index (χ0v) is 13.2. The van der Waals surface area contributed by atoms with Crippen LogP contribution in [-0.2, 0) is 14.6 Å². The van der Waals surface area contributed by atoms with Crippen LogP contribution in [0.15, 0.2) is 12.1 Å². The molecule has 1 saturated heterocycles. The molecule has 1 fully saturated rings. The lowest BCUT2D eigenvalue weighted by molar-refractivity contribution is 0.0623. The molecule has 1 aliphatic heterocycles. The summed E-state index contributed by atoms with van der Waals surface area (Å²) in [5, 5.41) is 0. The lowest BCUT2D eigenvalue weighted by Crippen LogP contribution is -2.43. The maximum atomic E-state index is 13.3. The van der Waals surface area contributed by atoms with Crippen molar-refractivity contribution in [2.75, 3.05) is 31.8 Å². The quantitative estimate of drug-likeness (QED) is 0.752. The van der Waals surface area contributed by atoms with Gasteiger partial charge in [0.15, 0.2) is 27.3 Å². The van der Waals surface area contributed by atoms with Gasteiger partial charge < -0.3 is 9.64 Å². The average Bonchev–Trinajstić information content (AvgIpc) is 2.84. The van der Waals surface area contributed by atoms with Crippen LogP contribution in [0.2, 0.25) is 0 Å². The highest BCUT2D eigenvalue weighted by atomic mass is 32.2. The van der Waals surface area contributed by atoms with E-state index < -0.39 is 39.2 Å². The SMILES string of the molecule is COCCN(C(=O)c1cc(F)c(F)c(F)c1)C1CCS(=O)(=O)C1. The minimum absolute atomic E-state index is 0.0550. The molecule has 128 valence electrons. The van der Waals surface area contributed by atoms with Crippen LogP contribution < -0.4 is 0 Å². The molecule has 1 amide bonds. The fraction of sp³-hybridized carbons (Fsp3) is 0.500. The number of nitrogens with zero attached hydrogens (tertiary/aromatic N) is 1. The average molecular weight is 351 g/mol. The summed E-state index contributed by atoms with van der Waals surface area (Å²) in [5.74, 6) is -5.64. The first-order valence-electron chi connectivity index (χ1n) is 6.90. The maximum Gasteiger partial charge on any atom is 0.254 e. The third-order valence-corrected chi connectivity index (χ3v) is 5.43. The van der Waals surface area contributed by atoms with E-state index in [0.29, 0.717) is 12.1 Å². The van der Waals surface area contributed by atoms with Crippen LogP contribution in [-0.4, -0.2) is 57.0 Å². The van der Waals surface area contributed by atoms with Crippen molar-refractivity contribution in [2.24, 2.45) is 0 Å². The van der Waals surface area contributed by atoms with E-state index in [9.17, 15) is 26.4 Å². The fourth-order valence-corrected chi connectivity index (χ4v) is 4.24. The minimum Gasteiger partial charge on any atom is -0.383 e. The second-order valence-electron chi connectivity index (χ2n) is 5.30. The first kappa shape index (κ1) is 17.7. The summed E-state index contributed by atoms with van der Waals surface area (Å²) in [5.41, 5.74) is -0.373. The van der Waals surface area contributed by atoms with Gasteiger partial charge >= 0.3 is 0 Å². The van der Waals surface area contributed by atoms with E-state index in [-0.39, 0.29) is 36.6 Å². The van der Waals surface area contributed by atoms with Crippen molar-refractivity contribution in [1.82, 2.24) is 4.90 Å². The Bertz CT molecular complexity index is 685. The number of methoxy groups -OCH3 is 1. The number of benzene rings is 1. The van der Waals surface area contributed by atoms with Gasteiger partial charge in [-0.05, 0) is 18.6 Å². The molecule has 1 aliphatic rings. The van der Waals surface area contributed by atoms with Crippen molar-refractivity contribution in [3.63, 3.8) is 0 Å². The second-order valence-corrected chi connectivity index (χ2v) is 7.53. The van der Waals surface area contributed by atoms with Crippen LogP contribution >= 0.6 is 0 Å². The van der Waals surface area contributed by atoms with Crippen LogP contribution in [0, 0.1) is 17.5 Å². The second kappa shape index (κ2) is 6.88. The molecule has 1 aromatic rings. The Hall–Kier alpha value is -1.61. The normalized spacial score (nSPS) is 19.7. The van der Waals surface area contributed by atoms with E-state index in [1.165, 1.54) is 12.0 Å². The molecule has 0 bridgehead atoms. The van der Waals surface area contributed by atoms with Crippen molar-refractivity contribution in [3.05, 3.63) is 35.1 Å². The van der Waals surface area contributed by atoms with Crippen LogP contribution in [0.1, 0.15) is 16.8 Å². The number of ether oxygens (including phenoxy) is 1. The number of sulfone groups is 1. The molecule has 23 heavy (non-hydrogen) atoms. The monoisotopic (exact) mass is 351 g/mol. The summed E-state index contributed by atoms with van der Waals surface area (Å²) in [6.07, 6.45) is 0.240. The van der Waals surface area contributed by atoms with Gasteiger partial charge in [-0.2, -0.15) is 0 Å². The van der Waals surface area contributed by atoms with Crippen molar-refractivity contribution < 1.29 is 31.1 Å². The zero-order chi connectivity index (χ0) is 17.2. The number of amides is 1. The van der Waals surface area contributed by atoms with E-state index in [1.807, 2.05) is 0 Å². The lowest BCUT2D eigenvalue weighted by Gasteiger charge is -2.28. The summed E-state index contributed by atoms with van der Waals surface area (Å²) in [6, 6.07) is 0.604. The van der Waals surface area contributed by atoms with E-state index in [4.69, 9.17) is 4.74 Å². The van der Waals surface area contributed by atoms with Gasteiger partial charge in [-0.3, -0.25) is 4.79 Å². The first-order valence-corrected chi connectivity index (χ1v) is 8.72. The molecule has 0 saturated carbocycles. The van der Waals surface area contributed by atoms with Crippen molar-refractivity contribution in [1.29, 1.82) is 0 Å². The van der Waals surface area contributed by atoms with Crippen molar-refractivity contribution in [3.8, 4) is 0 Å². The molecule has 0 aliphatic carbocycles. The van der Waals surface area contributed by atoms with Gasteiger partial charge in [0.2, 0.25) is 0 Å². The van der Waals surface area contributed by atoms with Crippen molar-refractivity contribution >= 4 is 15.7 Å². The highest BCUT2D eigenvalue weighted by Crippen LogP contribution is 2.21. The Labute approximate surface area is 132 Å². The largest absolute Gasteiger partial charge is 0.383 e. The van der Waals surface area contributed by atoms with Gasteiger partial charge in [0.1, 0.15) is 0 Å². The summed E-state index contributed by atoms with van der Waals surface area (Å²) in [7, 11) is -1.84. The number of carbonyl (C=O) groups excluding carboxylic acids is 1. The highest BCUT2D eigenvalue weighted by molar-refractivity contribution is 7.91. The zero-order valence-electron chi connectivity index (χ0n) is 12.4. The predicted molar refractivity (Wildman–Crippen MR) is 76.3 cm³/mol. The molecular weight excluding hydrogens is 335 g/mol. The summed E-state index contributed by atoms with van der Waals surface area (Å²) in [6.45, 7) is 0.199. The number of carbonyl (C=O) groups is 1. The van der Waals surface area contributed by atoms with Gasteiger partial charge in [-0.1, -0.05) is 0 Å². The Kier molecular flexibility index (Phi) is 5.30. The Balaban J connectivity index is 2.30. The summed E-state index contributed by atoms with van der Waals surface area (Å²) in [4.78, 5) is 13.7. The number of hydrogen-bond acceptors (Lipinski definition) is 4. The van der Waals surface area contributed by atoms with Gasteiger partial charge in [-0.15, -0.1) is 0 Å². The third-order valence-electron chi connectivity index (χ3n) is 3.68. The van der Waals surface area contributed by atoms with Gasteiger partial charge in [0.05, 0.1) is 18.1 Å². The molecule has 9 heteroatoms. The van der Waals surface area contributed by atoms with Crippen LogP contribution in [0.25, 0.3) is 0 Å². The maximum absolute atomic E-state index is 13.3. The van der Waals surface area contributed by atoms with Crippen LogP contribution in [0.3, 0.4) is 0 Å². The smallest absolute Gasteiger partial charge is 0.254 e. The molecule has 0 aromatic heterocycles. The Morgan fingerprint density at radius 2 is 1.91 bits per heavy atom.